The minimum absolute atomic E-state index is 0.170. The van der Waals surface area contributed by atoms with Crippen LogP contribution in [0.3, 0.4) is 0 Å². The lowest BCUT2D eigenvalue weighted by molar-refractivity contribution is 0.194. The summed E-state index contributed by atoms with van der Waals surface area (Å²) in [5.41, 5.74) is 9.59. The average molecular weight is 248 g/mol. The highest BCUT2D eigenvalue weighted by molar-refractivity contribution is 5.54. The quantitative estimate of drug-likeness (QED) is 0.818. The third-order valence-electron chi connectivity index (χ3n) is 3.17. The topological polar surface area (TPSA) is 38.5 Å². The number of nitrogens with zero attached hydrogens (tertiary/aromatic N) is 1. The molecule has 2 N–H and O–H groups in total. The van der Waals surface area contributed by atoms with Gasteiger partial charge in [0.05, 0.1) is 6.61 Å². The van der Waals surface area contributed by atoms with Gasteiger partial charge in [-0.05, 0) is 30.5 Å². The molecular formula is C15H24N2O. The first-order chi connectivity index (χ1) is 8.35. The van der Waals surface area contributed by atoms with Gasteiger partial charge in [-0.2, -0.15) is 0 Å². The minimum Gasteiger partial charge on any atom is -0.493 e. The Labute approximate surface area is 110 Å². The van der Waals surface area contributed by atoms with Crippen molar-refractivity contribution in [3.05, 3.63) is 23.3 Å². The fourth-order valence-corrected chi connectivity index (χ4v) is 2.25. The van der Waals surface area contributed by atoms with Gasteiger partial charge in [-0.1, -0.05) is 20.8 Å². The van der Waals surface area contributed by atoms with Crippen molar-refractivity contribution in [2.24, 2.45) is 5.41 Å². The highest BCUT2D eigenvalue weighted by atomic mass is 16.5. The molecule has 1 aromatic carbocycles. The number of hydrogen-bond acceptors (Lipinski definition) is 3. The Balaban J connectivity index is 2.25. The van der Waals surface area contributed by atoms with Gasteiger partial charge in [-0.3, -0.25) is 0 Å². The van der Waals surface area contributed by atoms with Crippen molar-refractivity contribution >= 4 is 5.69 Å². The molecule has 0 atom stereocenters. The second-order valence-corrected chi connectivity index (χ2v) is 6.49. The Morgan fingerprint density at radius 3 is 2.72 bits per heavy atom. The van der Waals surface area contributed by atoms with E-state index in [0.29, 0.717) is 0 Å². The van der Waals surface area contributed by atoms with Gasteiger partial charge in [0.2, 0.25) is 0 Å². The molecule has 3 heteroatoms. The van der Waals surface area contributed by atoms with Crippen LogP contribution in [0.2, 0.25) is 0 Å². The third-order valence-corrected chi connectivity index (χ3v) is 3.17. The molecule has 100 valence electrons. The van der Waals surface area contributed by atoms with Crippen molar-refractivity contribution in [2.45, 2.75) is 33.7 Å². The Hall–Kier alpha value is -1.22. The molecule has 0 unspecified atom stereocenters. The molecule has 0 aromatic heterocycles. The van der Waals surface area contributed by atoms with Crippen molar-refractivity contribution in [2.75, 3.05) is 25.9 Å². The van der Waals surface area contributed by atoms with Crippen molar-refractivity contribution in [3.8, 4) is 5.75 Å². The highest BCUT2D eigenvalue weighted by Gasteiger charge is 2.19. The number of hydrogen-bond donors (Lipinski definition) is 1. The average Bonchev–Trinajstić information content (AvgIpc) is 2.24. The zero-order valence-corrected chi connectivity index (χ0v) is 11.9. The van der Waals surface area contributed by atoms with Crippen LogP contribution in [0.5, 0.6) is 5.75 Å². The summed E-state index contributed by atoms with van der Waals surface area (Å²) in [5.74, 6) is 0.980. The normalized spacial score (nSPS) is 16.4. The van der Waals surface area contributed by atoms with Crippen LogP contribution in [-0.4, -0.2) is 25.1 Å². The summed E-state index contributed by atoms with van der Waals surface area (Å²) in [6.07, 6.45) is 1.05. The molecule has 2 rings (SSSR count). The van der Waals surface area contributed by atoms with Crippen LogP contribution < -0.4 is 10.5 Å². The van der Waals surface area contributed by atoms with Gasteiger partial charge in [0, 0.05) is 30.4 Å². The Morgan fingerprint density at radius 1 is 1.33 bits per heavy atom. The van der Waals surface area contributed by atoms with E-state index < -0.39 is 0 Å². The predicted octanol–water partition coefficient (Wildman–Crippen LogP) is 2.68. The molecule has 0 aliphatic carbocycles. The molecule has 0 spiro atoms. The van der Waals surface area contributed by atoms with E-state index >= 15 is 0 Å². The molecule has 0 saturated heterocycles. The lowest BCUT2D eigenvalue weighted by Gasteiger charge is -2.28. The van der Waals surface area contributed by atoms with Gasteiger partial charge in [0.15, 0.2) is 0 Å². The van der Waals surface area contributed by atoms with Crippen LogP contribution in [0.15, 0.2) is 12.1 Å². The zero-order chi connectivity index (χ0) is 13.3. The molecule has 1 aliphatic heterocycles. The summed E-state index contributed by atoms with van der Waals surface area (Å²) in [6, 6.07) is 4.05. The summed E-state index contributed by atoms with van der Waals surface area (Å²) in [4.78, 5) is 2.31. The predicted molar refractivity (Wildman–Crippen MR) is 75.8 cm³/mol. The summed E-state index contributed by atoms with van der Waals surface area (Å²) in [7, 11) is 2.14. The van der Waals surface area contributed by atoms with Gasteiger partial charge < -0.3 is 15.4 Å². The highest BCUT2D eigenvalue weighted by Crippen LogP contribution is 2.31. The monoisotopic (exact) mass is 248 g/mol. The Morgan fingerprint density at radius 2 is 2.06 bits per heavy atom. The molecule has 1 aromatic rings. The third kappa shape index (κ3) is 3.16. The SMILES string of the molecule is CN1CCc2c(cc(N)cc2OCC(C)(C)C)C1. The van der Waals surface area contributed by atoms with Crippen LogP contribution in [0.1, 0.15) is 31.9 Å². The van der Waals surface area contributed by atoms with E-state index in [1.165, 1.54) is 11.1 Å². The second kappa shape index (κ2) is 4.81. The van der Waals surface area contributed by atoms with Crippen molar-refractivity contribution in [3.63, 3.8) is 0 Å². The molecule has 0 amide bonds. The molecule has 0 bridgehead atoms. The van der Waals surface area contributed by atoms with Crippen LogP contribution in [0.4, 0.5) is 5.69 Å². The maximum atomic E-state index is 5.99. The van der Waals surface area contributed by atoms with E-state index in [1.807, 2.05) is 6.07 Å². The lowest BCUT2D eigenvalue weighted by atomic mass is 9.97. The minimum atomic E-state index is 0.170. The van der Waals surface area contributed by atoms with Crippen LogP contribution in [0, 0.1) is 5.41 Å². The Bertz CT molecular complexity index is 435. The molecule has 0 radical (unpaired) electrons. The smallest absolute Gasteiger partial charge is 0.124 e. The number of benzene rings is 1. The first kappa shape index (κ1) is 13.2. The van der Waals surface area contributed by atoms with Gasteiger partial charge in [-0.25, -0.2) is 0 Å². The molecule has 1 heterocycles. The summed E-state index contributed by atoms with van der Waals surface area (Å²) in [5, 5.41) is 0. The van der Waals surface area contributed by atoms with Gasteiger partial charge in [0.25, 0.3) is 0 Å². The maximum absolute atomic E-state index is 5.99. The molecule has 3 nitrogen and oxygen atoms in total. The first-order valence-electron chi connectivity index (χ1n) is 6.58. The van der Waals surface area contributed by atoms with Crippen LogP contribution in [-0.2, 0) is 13.0 Å². The van der Waals surface area contributed by atoms with E-state index in [-0.39, 0.29) is 5.41 Å². The number of nitrogens with two attached hydrogens (primary N) is 1. The number of anilines is 1. The van der Waals surface area contributed by atoms with E-state index in [0.717, 1.165) is 37.6 Å². The summed E-state index contributed by atoms with van der Waals surface area (Å²) < 4.78 is 5.99. The number of ether oxygens (including phenoxy) is 1. The van der Waals surface area contributed by atoms with Gasteiger partial charge in [-0.15, -0.1) is 0 Å². The van der Waals surface area contributed by atoms with E-state index in [4.69, 9.17) is 10.5 Å². The largest absolute Gasteiger partial charge is 0.493 e. The zero-order valence-electron chi connectivity index (χ0n) is 11.9. The molecule has 0 saturated carbocycles. The van der Waals surface area contributed by atoms with Gasteiger partial charge >= 0.3 is 0 Å². The van der Waals surface area contributed by atoms with E-state index in [1.54, 1.807) is 0 Å². The van der Waals surface area contributed by atoms with Crippen molar-refractivity contribution in [1.82, 2.24) is 4.90 Å². The fraction of sp³-hybridized carbons (Fsp3) is 0.600. The number of fused-ring (bicyclic) bond motifs is 1. The fourth-order valence-electron chi connectivity index (χ4n) is 2.25. The molecular weight excluding hydrogens is 224 g/mol. The maximum Gasteiger partial charge on any atom is 0.124 e. The van der Waals surface area contributed by atoms with Crippen LogP contribution >= 0.6 is 0 Å². The second-order valence-electron chi connectivity index (χ2n) is 6.49. The van der Waals surface area contributed by atoms with Crippen molar-refractivity contribution < 1.29 is 4.74 Å². The van der Waals surface area contributed by atoms with E-state index in [9.17, 15) is 0 Å². The molecule has 1 aliphatic rings. The van der Waals surface area contributed by atoms with Gasteiger partial charge in [0.1, 0.15) is 5.75 Å². The number of likely N-dealkylation sites (N-methyl/N-ethyl adjacent to an activating group) is 1. The number of nitrogen functional groups attached to an aromatic ring is 1. The first-order valence-corrected chi connectivity index (χ1v) is 6.58. The number of rotatable bonds is 2. The van der Waals surface area contributed by atoms with Crippen molar-refractivity contribution in [1.29, 1.82) is 0 Å². The standard InChI is InChI=1S/C15H24N2O/c1-15(2,3)10-18-14-8-12(16)7-11-9-17(4)6-5-13(11)14/h7-8H,5-6,9-10,16H2,1-4H3. The summed E-state index contributed by atoms with van der Waals surface area (Å²) >= 11 is 0. The Kier molecular flexibility index (Phi) is 3.53. The summed E-state index contributed by atoms with van der Waals surface area (Å²) in [6.45, 7) is 9.31. The van der Waals surface area contributed by atoms with Crippen LogP contribution in [0.25, 0.3) is 0 Å². The van der Waals surface area contributed by atoms with E-state index in [2.05, 4.69) is 38.8 Å². The lowest BCUT2D eigenvalue weighted by Crippen LogP contribution is -2.27. The molecule has 18 heavy (non-hydrogen) atoms. The molecule has 0 fully saturated rings.